The molecule has 0 spiro atoms. The largest absolute Gasteiger partial charge is 0.300 e. The van der Waals surface area contributed by atoms with Crippen molar-refractivity contribution in [1.82, 2.24) is 9.80 Å². The van der Waals surface area contributed by atoms with E-state index >= 15 is 0 Å². The molecule has 0 aromatic heterocycles. The maximum atomic E-state index is 13.3. The molecule has 1 aromatic carbocycles. The molecule has 1 aliphatic heterocycles. The molecule has 4 aliphatic carbocycles. The van der Waals surface area contributed by atoms with E-state index in [1.165, 1.54) is 70.8 Å². The van der Waals surface area contributed by atoms with Crippen LogP contribution in [0, 0.1) is 23.6 Å². The first-order valence-corrected chi connectivity index (χ1v) is 10.4. The van der Waals surface area contributed by atoms with Gasteiger partial charge in [-0.1, -0.05) is 12.1 Å². The average Bonchev–Trinajstić information content (AvgIpc) is 2.59. The number of piperazine rings is 1. The molecule has 1 heterocycles. The Morgan fingerprint density at radius 3 is 2.16 bits per heavy atom. The molecule has 0 N–H and O–H groups in total. The second-order valence-corrected chi connectivity index (χ2v) is 9.35. The van der Waals surface area contributed by atoms with Crippen molar-refractivity contribution in [2.24, 2.45) is 17.8 Å². The summed E-state index contributed by atoms with van der Waals surface area (Å²) in [6.07, 6.45) is 10.0. The van der Waals surface area contributed by atoms with E-state index in [0.717, 1.165) is 36.3 Å². The lowest BCUT2D eigenvalue weighted by Gasteiger charge is -2.61. The molecule has 25 heavy (non-hydrogen) atoms. The van der Waals surface area contributed by atoms with E-state index in [0.29, 0.717) is 5.54 Å². The van der Waals surface area contributed by atoms with Gasteiger partial charge in [-0.2, -0.15) is 0 Å². The van der Waals surface area contributed by atoms with E-state index in [4.69, 9.17) is 0 Å². The van der Waals surface area contributed by atoms with E-state index in [1.54, 1.807) is 6.07 Å². The lowest BCUT2D eigenvalue weighted by atomic mass is 9.52. The van der Waals surface area contributed by atoms with Crippen molar-refractivity contribution < 1.29 is 4.39 Å². The van der Waals surface area contributed by atoms with Crippen molar-refractivity contribution in [3.8, 4) is 0 Å². The Morgan fingerprint density at radius 1 is 0.920 bits per heavy atom. The van der Waals surface area contributed by atoms with Crippen molar-refractivity contribution in [3.63, 3.8) is 0 Å². The van der Waals surface area contributed by atoms with Gasteiger partial charge >= 0.3 is 0 Å². The Morgan fingerprint density at radius 2 is 1.56 bits per heavy atom. The highest BCUT2D eigenvalue weighted by molar-refractivity contribution is 5.16. The van der Waals surface area contributed by atoms with Gasteiger partial charge in [-0.15, -0.1) is 0 Å². The van der Waals surface area contributed by atoms with Crippen LogP contribution in [-0.4, -0.2) is 48.1 Å². The Bertz CT molecular complexity index is 585. The van der Waals surface area contributed by atoms with E-state index < -0.39 is 0 Å². The smallest absolute Gasteiger partial charge is 0.123 e. The molecule has 0 radical (unpaired) electrons. The van der Waals surface area contributed by atoms with E-state index in [9.17, 15) is 4.39 Å². The molecule has 5 fully saturated rings. The zero-order valence-corrected chi connectivity index (χ0v) is 15.3. The molecule has 4 bridgehead atoms. The van der Waals surface area contributed by atoms with Gasteiger partial charge in [-0.25, -0.2) is 4.39 Å². The summed E-state index contributed by atoms with van der Waals surface area (Å²) in [6, 6.07) is 7.10. The van der Waals surface area contributed by atoms with Crippen LogP contribution >= 0.6 is 0 Å². The SMILES string of the molecule is Fc1cccc(CCN2CCN(C34CC5CC(CC(C5)C3)C4)CC2)c1. The van der Waals surface area contributed by atoms with E-state index in [2.05, 4.69) is 15.9 Å². The fourth-order valence-electron chi connectivity index (χ4n) is 6.88. The first-order valence-electron chi connectivity index (χ1n) is 10.4. The van der Waals surface area contributed by atoms with Crippen LogP contribution in [0.25, 0.3) is 0 Å². The predicted octanol–water partition coefficient (Wildman–Crippen LogP) is 3.95. The summed E-state index contributed by atoms with van der Waals surface area (Å²) < 4.78 is 13.3. The van der Waals surface area contributed by atoms with Crippen LogP contribution in [0.1, 0.15) is 44.1 Å². The van der Waals surface area contributed by atoms with Gasteiger partial charge in [0.05, 0.1) is 0 Å². The first kappa shape index (κ1) is 16.3. The van der Waals surface area contributed by atoms with Crippen LogP contribution in [-0.2, 0) is 6.42 Å². The monoisotopic (exact) mass is 342 g/mol. The van der Waals surface area contributed by atoms with Crippen LogP contribution in [0.3, 0.4) is 0 Å². The number of nitrogens with zero attached hydrogens (tertiary/aromatic N) is 2. The van der Waals surface area contributed by atoms with E-state index in [-0.39, 0.29) is 5.82 Å². The number of benzene rings is 1. The molecule has 0 atom stereocenters. The second-order valence-electron chi connectivity index (χ2n) is 9.35. The summed E-state index contributed by atoms with van der Waals surface area (Å²) in [7, 11) is 0. The number of hydrogen-bond acceptors (Lipinski definition) is 2. The second kappa shape index (κ2) is 6.35. The molecule has 4 saturated carbocycles. The van der Waals surface area contributed by atoms with Gasteiger partial charge in [-0.05, 0) is 80.4 Å². The van der Waals surface area contributed by atoms with Crippen LogP contribution in [0.4, 0.5) is 4.39 Å². The van der Waals surface area contributed by atoms with Gasteiger partial charge in [-0.3, -0.25) is 4.90 Å². The molecular formula is C22H31FN2. The fraction of sp³-hybridized carbons (Fsp3) is 0.727. The van der Waals surface area contributed by atoms with Crippen molar-refractivity contribution in [2.75, 3.05) is 32.7 Å². The molecular weight excluding hydrogens is 311 g/mol. The third kappa shape index (κ3) is 3.14. The summed E-state index contributed by atoms with van der Waals surface area (Å²) >= 11 is 0. The molecule has 1 aromatic rings. The Balaban J connectivity index is 1.17. The van der Waals surface area contributed by atoms with Crippen LogP contribution in [0.5, 0.6) is 0 Å². The molecule has 5 aliphatic rings. The minimum Gasteiger partial charge on any atom is -0.300 e. The van der Waals surface area contributed by atoms with Gasteiger partial charge in [0.15, 0.2) is 0 Å². The van der Waals surface area contributed by atoms with Crippen LogP contribution in [0.15, 0.2) is 24.3 Å². The number of hydrogen-bond donors (Lipinski definition) is 0. The Labute approximate surface area is 151 Å². The third-order valence-corrected chi connectivity index (χ3v) is 7.65. The molecule has 136 valence electrons. The summed E-state index contributed by atoms with van der Waals surface area (Å²) in [4.78, 5) is 5.47. The van der Waals surface area contributed by atoms with Crippen molar-refractivity contribution in [1.29, 1.82) is 0 Å². The lowest BCUT2D eigenvalue weighted by molar-refractivity contribution is -0.101. The highest BCUT2D eigenvalue weighted by Gasteiger charge is 2.53. The zero-order chi connectivity index (χ0) is 16.9. The minimum atomic E-state index is -0.107. The molecule has 0 amide bonds. The third-order valence-electron chi connectivity index (χ3n) is 7.65. The Hall–Kier alpha value is -0.930. The normalized spacial score (nSPS) is 38.4. The van der Waals surface area contributed by atoms with Crippen LogP contribution < -0.4 is 0 Å². The van der Waals surface area contributed by atoms with Gasteiger partial charge in [0, 0.05) is 38.3 Å². The molecule has 2 nitrogen and oxygen atoms in total. The standard InChI is InChI=1S/C22H31FN2/c23-21-3-1-2-17(13-21)4-5-24-6-8-25(9-7-24)22-14-18-10-19(15-22)12-20(11-18)16-22/h1-3,13,18-20H,4-12,14-16H2. The topological polar surface area (TPSA) is 6.48 Å². The molecule has 1 saturated heterocycles. The highest BCUT2D eigenvalue weighted by atomic mass is 19.1. The maximum Gasteiger partial charge on any atom is 0.123 e. The van der Waals surface area contributed by atoms with Crippen LogP contribution in [0.2, 0.25) is 0 Å². The van der Waals surface area contributed by atoms with Gasteiger partial charge in [0.25, 0.3) is 0 Å². The fourth-order valence-corrected chi connectivity index (χ4v) is 6.88. The van der Waals surface area contributed by atoms with Crippen molar-refractivity contribution in [3.05, 3.63) is 35.6 Å². The van der Waals surface area contributed by atoms with Crippen molar-refractivity contribution >= 4 is 0 Å². The molecule has 3 heteroatoms. The van der Waals surface area contributed by atoms with Gasteiger partial charge < -0.3 is 4.90 Å². The van der Waals surface area contributed by atoms with E-state index in [1.807, 2.05) is 6.07 Å². The highest BCUT2D eigenvalue weighted by Crippen LogP contribution is 2.57. The lowest BCUT2D eigenvalue weighted by Crippen LogP contribution is -2.63. The zero-order valence-electron chi connectivity index (χ0n) is 15.3. The van der Waals surface area contributed by atoms with Crippen molar-refractivity contribution in [2.45, 2.75) is 50.5 Å². The Kier molecular flexibility index (Phi) is 4.13. The summed E-state index contributed by atoms with van der Waals surface area (Å²) in [6.45, 7) is 5.94. The first-order chi connectivity index (χ1) is 12.2. The quantitative estimate of drug-likeness (QED) is 0.817. The van der Waals surface area contributed by atoms with Gasteiger partial charge in [0.1, 0.15) is 5.82 Å². The van der Waals surface area contributed by atoms with Gasteiger partial charge in [0.2, 0.25) is 0 Å². The summed E-state index contributed by atoms with van der Waals surface area (Å²) in [5.74, 6) is 3.01. The summed E-state index contributed by atoms with van der Waals surface area (Å²) in [5.41, 5.74) is 1.70. The number of halogens is 1. The molecule has 0 unspecified atom stereocenters. The predicted molar refractivity (Wildman–Crippen MR) is 99.0 cm³/mol. The average molecular weight is 343 g/mol. The molecule has 6 rings (SSSR count). The summed E-state index contributed by atoms with van der Waals surface area (Å²) in [5, 5.41) is 0. The minimum absolute atomic E-state index is 0.107. The maximum absolute atomic E-state index is 13.3. The number of rotatable bonds is 4.